The number of rotatable bonds is 2. The van der Waals surface area contributed by atoms with Gasteiger partial charge < -0.3 is 24.9 Å². The summed E-state index contributed by atoms with van der Waals surface area (Å²) >= 11 is 0. The monoisotopic (exact) mass is 334 g/mol. The highest BCUT2D eigenvalue weighted by molar-refractivity contribution is 5.92. The molecule has 24 heavy (non-hydrogen) atoms. The highest BCUT2D eigenvalue weighted by atomic mass is 16.3. The van der Waals surface area contributed by atoms with Gasteiger partial charge in [-0.1, -0.05) is 6.92 Å². The van der Waals surface area contributed by atoms with Gasteiger partial charge in [-0.2, -0.15) is 0 Å². The zero-order chi connectivity index (χ0) is 17.1. The topological polar surface area (TPSA) is 94.9 Å². The first-order chi connectivity index (χ1) is 11.6. The Morgan fingerprint density at radius 2 is 1.96 bits per heavy atom. The molecule has 0 aromatic carbocycles. The van der Waals surface area contributed by atoms with Crippen molar-refractivity contribution in [2.75, 3.05) is 32.7 Å². The van der Waals surface area contributed by atoms with Crippen LogP contribution < -0.4 is 10.6 Å². The third-order valence-electron chi connectivity index (χ3n) is 4.62. The number of furan rings is 1. The highest BCUT2D eigenvalue weighted by Gasteiger charge is 2.32. The van der Waals surface area contributed by atoms with Crippen LogP contribution in [-0.2, 0) is 4.79 Å². The van der Waals surface area contributed by atoms with Crippen molar-refractivity contribution in [2.45, 2.75) is 19.4 Å². The summed E-state index contributed by atoms with van der Waals surface area (Å²) in [6.45, 7) is 4.37. The minimum Gasteiger partial charge on any atom is -0.459 e. The lowest BCUT2D eigenvalue weighted by molar-refractivity contribution is -0.125. The van der Waals surface area contributed by atoms with Crippen LogP contribution in [0.5, 0.6) is 0 Å². The number of urea groups is 1. The smallest absolute Gasteiger partial charge is 0.318 e. The molecular weight excluding hydrogens is 312 g/mol. The van der Waals surface area contributed by atoms with E-state index in [1.807, 2.05) is 6.92 Å². The van der Waals surface area contributed by atoms with Crippen molar-refractivity contribution in [1.29, 1.82) is 0 Å². The molecule has 2 fully saturated rings. The predicted molar refractivity (Wildman–Crippen MR) is 85.3 cm³/mol. The Kier molecular flexibility index (Phi) is 4.73. The van der Waals surface area contributed by atoms with Crippen molar-refractivity contribution in [3.8, 4) is 0 Å². The molecule has 0 spiro atoms. The Morgan fingerprint density at radius 1 is 1.25 bits per heavy atom. The largest absolute Gasteiger partial charge is 0.459 e. The number of piperidine rings is 1. The molecule has 3 heterocycles. The molecule has 2 unspecified atom stereocenters. The normalized spacial score (nSPS) is 24.5. The molecule has 1 aromatic heterocycles. The number of hydrogen-bond acceptors (Lipinski definition) is 4. The summed E-state index contributed by atoms with van der Waals surface area (Å²) in [6.07, 6.45) is 2.31. The van der Waals surface area contributed by atoms with E-state index in [0.717, 1.165) is 6.42 Å². The summed E-state index contributed by atoms with van der Waals surface area (Å²) < 4.78 is 5.12. The lowest BCUT2D eigenvalue weighted by Crippen LogP contribution is -2.59. The van der Waals surface area contributed by atoms with Crippen molar-refractivity contribution in [3.05, 3.63) is 24.2 Å². The number of amides is 4. The third-order valence-corrected chi connectivity index (χ3v) is 4.62. The van der Waals surface area contributed by atoms with Crippen LogP contribution in [0.25, 0.3) is 0 Å². The molecule has 2 N–H and O–H groups in total. The van der Waals surface area contributed by atoms with Gasteiger partial charge in [0.1, 0.15) is 6.04 Å². The molecule has 2 saturated heterocycles. The molecule has 0 saturated carbocycles. The Bertz CT molecular complexity index is 608. The van der Waals surface area contributed by atoms with E-state index in [4.69, 9.17) is 4.42 Å². The summed E-state index contributed by atoms with van der Waals surface area (Å²) in [6, 6.07) is 2.56. The number of hydrogen-bond donors (Lipinski definition) is 2. The zero-order valence-electron chi connectivity index (χ0n) is 13.7. The van der Waals surface area contributed by atoms with Crippen molar-refractivity contribution < 1.29 is 18.8 Å². The van der Waals surface area contributed by atoms with Gasteiger partial charge in [0.05, 0.1) is 6.26 Å². The second-order valence-electron chi connectivity index (χ2n) is 6.24. The summed E-state index contributed by atoms with van der Waals surface area (Å²) in [5, 5.41) is 5.59. The van der Waals surface area contributed by atoms with Crippen molar-refractivity contribution >= 4 is 17.8 Å². The molecule has 130 valence electrons. The van der Waals surface area contributed by atoms with Gasteiger partial charge in [-0.05, 0) is 24.5 Å². The second-order valence-corrected chi connectivity index (χ2v) is 6.24. The van der Waals surface area contributed by atoms with Gasteiger partial charge in [-0.25, -0.2) is 4.79 Å². The fourth-order valence-electron chi connectivity index (χ4n) is 3.06. The number of nitrogens with one attached hydrogen (secondary N) is 2. The third kappa shape index (κ3) is 3.37. The van der Waals surface area contributed by atoms with Crippen LogP contribution >= 0.6 is 0 Å². The van der Waals surface area contributed by atoms with E-state index in [0.29, 0.717) is 38.5 Å². The average molecular weight is 334 g/mol. The predicted octanol–water partition coefficient (Wildman–Crippen LogP) is 0.272. The SMILES string of the molecule is CC1CCNC(=O)C1NC(=O)N1CCN(C(=O)c2ccco2)CC1. The maximum absolute atomic E-state index is 12.4. The van der Waals surface area contributed by atoms with Gasteiger partial charge in [-0.15, -0.1) is 0 Å². The van der Waals surface area contributed by atoms with Crippen molar-refractivity contribution in [1.82, 2.24) is 20.4 Å². The molecule has 0 bridgehead atoms. The van der Waals surface area contributed by atoms with Crippen LogP contribution in [-0.4, -0.2) is 66.4 Å². The number of nitrogens with zero attached hydrogens (tertiary/aromatic N) is 2. The lowest BCUT2D eigenvalue weighted by Gasteiger charge is -2.36. The summed E-state index contributed by atoms with van der Waals surface area (Å²) in [5.41, 5.74) is 0. The molecule has 0 aliphatic carbocycles. The van der Waals surface area contributed by atoms with Crippen LogP contribution in [0.3, 0.4) is 0 Å². The van der Waals surface area contributed by atoms with Gasteiger partial charge >= 0.3 is 6.03 Å². The van der Waals surface area contributed by atoms with E-state index in [9.17, 15) is 14.4 Å². The molecule has 3 rings (SSSR count). The van der Waals surface area contributed by atoms with E-state index in [2.05, 4.69) is 10.6 Å². The first kappa shape index (κ1) is 16.4. The van der Waals surface area contributed by atoms with Crippen LogP contribution in [0.4, 0.5) is 4.79 Å². The highest BCUT2D eigenvalue weighted by Crippen LogP contribution is 2.14. The molecular formula is C16H22N4O4. The van der Waals surface area contributed by atoms with Gasteiger partial charge in [0.2, 0.25) is 5.91 Å². The van der Waals surface area contributed by atoms with Gasteiger partial charge in [0.25, 0.3) is 5.91 Å². The minimum absolute atomic E-state index is 0.115. The molecule has 0 radical (unpaired) electrons. The van der Waals surface area contributed by atoms with Crippen molar-refractivity contribution in [2.24, 2.45) is 5.92 Å². The molecule has 2 aliphatic rings. The molecule has 8 nitrogen and oxygen atoms in total. The van der Waals surface area contributed by atoms with Crippen LogP contribution in [0, 0.1) is 5.92 Å². The van der Waals surface area contributed by atoms with E-state index in [-0.39, 0.29) is 23.8 Å². The fraction of sp³-hybridized carbons (Fsp3) is 0.562. The van der Waals surface area contributed by atoms with Crippen LogP contribution in [0.1, 0.15) is 23.9 Å². The summed E-state index contributed by atoms with van der Waals surface area (Å²) in [4.78, 5) is 39.8. The Labute approximate surface area is 140 Å². The van der Waals surface area contributed by atoms with Crippen LogP contribution in [0.2, 0.25) is 0 Å². The number of carbonyl (C=O) groups excluding carboxylic acids is 3. The first-order valence-electron chi connectivity index (χ1n) is 8.22. The molecule has 2 atom stereocenters. The number of piperazine rings is 1. The molecule has 4 amide bonds. The first-order valence-corrected chi connectivity index (χ1v) is 8.22. The molecule has 1 aromatic rings. The fourth-order valence-corrected chi connectivity index (χ4v) is 3.06. The summed E-state index contributed by atoms with van der Waals surface area (Å²) in [7, 11) is 0. The molecule has 2 aliphatic heterocycles. The quantitative estimate of drug-likeness (QED) is 0.812. The van der Waals surface area contributed by atoms with Gasteiger partial charge in [0.15, 0.2) is 5.76 Å². The number of carbonyl (C=O) groups is 3. The Balaban J connectivity index is 1.52. The molecule has 8 heteroatoms. The average Bonchev–Trinajstić information content (AvgIpc) is 3.12. The van der Waals surface area contributed by atoms with Crippen LogP contribution in [0.15, 0.2) is 22.8 Å². The van der Waals surface area contributed by atoms with E-state index < -0.39 is 6.04 Å². The maximum Gasteiger partial charge on any atom is 0.318 e. The lowest BCUT2D eigenvalue weighted by atomic mass is 9.94. The van der Waals surface area contributed by atoms with Gasteiger partial charge in [-0.3, -0.25) is 9.59 Å². The maximum atomic E-state index is 12.4. The zero-order valence-corrected chi connectivity index (χ0v) is 13.7. The van der Waals surface area contributed by atoms with Crippen molar-refractivity contribution in [3.63, 3.8) is 0 Å². The van der Waals surface area contributed by atoms with E-state index >= 15 is 0 Å². The summed E-state index contributed by atoms with van der Waals surface area (Å²) in [5.74, 6) is 0.124. The van der Waals surface area contributed by atoms with E-state index in [1.54, 1.807) is 21.9 Å². The Morgan fingerprint density at radius 3 is 2.58 bits per heavy atom. The van der Waals surface area contributed by atoms with Gasteiger partial charge in [0, 0.05) is 32.7 Å². The standard InChI is InChI=1S/C16H22N4O4/c1-11-4-5-17-14(21)13(11)18-16(23)20-8-6-19(7-9-20)15(22)12-3-2-10-24-12/h2-3,10-11,13H,4-9H2,1H3,(H,17,21)(H,18,23). The second kappa shape index (κ2) is 6.94. The Hall–Kier alpha value is -2.51. The van der Waals surface area contributed by atoms with E-state index in [1.165, 1.54) is 6.26 Å². The minimum atomic E-state index is -0.492.